The molecule has 3 rings (SSSR count). The normalized spacial score (nSPS) is 20.3. The summed E-state index contributed by atoms with van der Waals surface area (Å²) in [7, 11) is 0. The highest BCUT2D eigenvalue weighted by Gasteiger charge is 2.17. The number of hydrogen-bond donors (Lipinski definition) is 2. The third-order valence-corrected chi connectivity index (χ3v) is 3.86. The van der Waals surface area contributed by atoms with Crippen LogP contribution in [0.4, 0.5) is 0 Å². The van der Waals surface area contributed by atoms with Crippen molar-refractivity contribution in [2.24, 2.45) is 0 Å². The van der Waals surface area contributed by atoms with Crippen LogP contribution in [-0.2, 0) is 29.0 Å². The molecule has 1 saturated heterocycles. The molecule has 2 aliphatic heterocycles. The van der Waals surface area contributed by atoms with Gasteiger partial charge in [0.1, 0.15) is 5.82 Å². The summed E-state index contributed by atoms with van der Waals surface area (Å²) in [4.78, 5) is 16.5. The van der Waals surface area contributed by atoms with Crippen molar-refractivity contribution in [2.45, 2.75) is 44.8 Å². The predicted molar refractivity (Wildman–Crippen MR) is 88.7 cm³/mol. The molecule has 0 saturated carbocycles. The Morgan fingerprint density at radius 2 is 2.32 bits per heavy atom. The number of hydrogen-bond acceptors (Lipinski definition) is 4. The fraction of sp³-hybridized carbons (Fsp3) is 0.714. The second-order valence-electron chi connectivity index (χ2n) is 5.51. The zero-order valence-corrected chi connectivity index (χ0v) is 14.2. The number of nitrogens with zero attached hydrogens (tertiary/aromatic N) is 2. The summed E-state index contributed by atoms with van der Waals surface area (Å²) < 4.78 is 7.55. The van der Waals surface area contributed by atoms with Gasteiger partial charge >= 0.3 is 0 Å². The lowest BCUT2D eigenvalue weighted by Crippen LogP contribution is -2.44. The summed E-state index contributed by atoms with van der Waals surface area (Å²) in [6.07, 6.45) is 6.03. The highest BCUT2D eigenvalue weighted by molar-refractivity contribution is 5.85. The van der Waals surface area contributed by atoms with Crippen LogP contribution >= 0.6 is 24.8 Å². The number of carbonyl (C=O) groups is 1. The van der Waals surface area contributed by atoms with E-state index in [0.717, 1.165) is 37.6 Å². The first-order valence-electron chi connectivity index (χ1n) is 7.44. The maximum atomic E-state index is 11.9. The number of aromatic nitrogens is 2. The molecule has 1 aromatic heterocycles. The number of morpholine rings is 1. The van der Waals surface area contributed by atoms with Gasteiger partial charge in [0.05, 0.1) is 25.5 Å². The van der Waals surface area contributed by atoms with E-state index in [4.69, 9.17) is 4.74 Å². The summed E-state index contributed by atoms with van der Waals surface area (Å²) >= 11 is 0. The maximum Gasteiger partial charge on any atom is 0.221 e. The molecular weight excluding hydrogens is 327 g/mol. The number of aryl methyl sites for hydroxylation is 2. The van der Waals surface area contributed by atoms with E-state index in [1.165, 1.54) is 12.8 Å². The van der Waals surface area contributed by atoms with E-state index < -0.39 is 0 Å². The van der Waals surface area contributed by atoms with Crippen molar-refractivity contribution in [3.8, 4) is 0 Å². The molecule has 6 nitrogen and oxygen atoms in total. The van der Waals surface area contributed by atoms with Crippen LogP contribution in [0.5, 0.6) is 0 Å². The van der Waals surface area contributed by atoms with Crippen LogP contribution in [-0.4, -0.2) is 41.3 Å². The molecule has 1 atom stereocenters. The highest BCUT2D eigenvalue weighted by Crippen LogP contribution is 2.14. The topological polar surface area (TPSA) is 68.2 Å². The molecule has 126 valence electrons. The van der Waals surface area contributed by atoms with Crippen LogP contribution in [0.3, 0.4) is 0 Å². The number of carbonyl (C=O) groups excluding carboxylic acids is 1. The number of nitrogens with one attached hydrogen (secondary N) is 2. The van der Waals surface area contributed by atoms with Gasteiger partial charge in [-0.25, -0.2) is 4.98 Å². The molecule has 2 N–H and O–H groups in total. The van der Waals surface area contributed by atoms with Crippen LogP contribution < -0.4 is 10.6 Å². The Balaban J connectivity index is 0.00000121. The lowest BCUT2D eigenvalue weighted by molar-refractivity contribution is -0.122. The lowest BCUT2D eigenvalue weighted by atomic mass is 10.2. The summed E-state index contributed by atoms with van der Waals surface area (Å²) in [5.41, 5.74) is 0.961. The van der Waals surface area contributed by atoms with Crippen LogP contribution in [0.1, 0.15) is 30.8 Å². The molecule has 0 spiro atoms. The zero-order valence-electron chi connectivity index (χ0n) is 12.5. The lowest BCUT2D eigenvalue weighted by Gasteiger charge is -2.23. The SMILES string of the molecule is Cl.Cl.O=C(CC1COCCN1)NCc1cn2c(n1)CCCC2. The predicted octanol–water partition coefficient (Wildman–Crippen LogP) is 1.06. The first-order valence-corrected chi connectivity index (χ1v) is 7.44. The molecule has 0 aromatic carbocycles. The molecular formula is C14H24Cl2N4O2. The first-order chi connectivity index (χ1) is 9.81. The van der Waals surface area contributed by atoms with Crippen LogP contribution in [0.2, 0.25) is 0 Å². The van der Waals surface area contributed by atoms with Crippen molar-refractivity contribution in [3.05, 3.63) is 17.7 Å². The van der Waals surface area contributed by atoms with Gasteiger partial charge < -0.3 is 19.9 Å². The second kappa shape index (κ2) is 9.35. The van der Waals surface area contributed by atoms with Crippen molar-refractivity contribution in [1.82, 2.24) is 20.2 Å². The second-order valence-corrected chi connectivity index (χ2v) is 5.51. The molecule has 0 aliphatic carbocycles. The van der Waals surface area contributed by atoms with E-state index in [1.54, 1.807) is 0 Å². The molecule has 1 unspecified atom stereocenters. The third-order valence-electron chi connectivity index (χ3n) is 3.86. The Kier molecular flexibility index (Phi) is 8.17. The van der Waals surface area contributed by atoms with E-state index in [-0.39, 0.29) is 36.8 Å². The zero-order chi connectivity index (χ0) is 13.8. The van der Waals surface area contributed by atoms with Crippen molar-refractivity contribution < 1.29 is 9.53 Å². The Hall–Kier alpha value is -0.820. The number of ether oxygens (including phenoxy) is 1. The van der Waals surface area contributed by atoms with Gasteiger partial charge in [-0.15, -0.1) is 24.8 Å². The van der Waals surface area contributed by atoms with Crippen molar-refractivity contribution in [3.63, 3.8) is 0 Å². The van der Waals surface area contributed by atoms with Crippen LogP contribution in [0.15, 0.2) is 6.20 Å². The Morgan fingerprint density at radius 3 is 3.05 bits per heavy atom. The fourth-order valence-corrected chi connectivity index (χ4v) is 2.79. The van der Waals surface area contributed by atoms with E-state index in [9.17, 15) is 4.79 Å². The van der Waals surface area contributed by atoms with E-state index in [0.29, 0.717) is 19.6 Å². The van der Waals surface area contributed by atoms with Crippen molar-refractivity contribution in [1.29, 1.82) is 0 Å². The quantitative estimate of drug-likeness (QED) is 0.851. The number of halogens is 2. The molecule has 3 heterocycles. The summed E-state index contributed by atoms with van der Waals surface area (Å²) in [5, 5.41) is 6.23. The number of amides is 1. The minimum Gasteiger partial charge on any atom is -0.378 e. The minimum atomic E-state index is 0. The minimum absolute atomic E-state index is 0. The molecule has 1 aromatic rings. The Bertz CT molecular complexity index is 452. The molecule has 8 heteroatoms. The maximum absolute atomic E-state index is 11.9. The van der Waals surface area contributed by atoms with Gasteiger partial charge in [-0.2, -0.15) is 0 Å². The molecule has 1 fully saturated rings. The van der Waals surface area contributed by atoms with E-state index >= 15 is 0 Å². The van der Waals surface area contributed by atoms with Crippen LogP contribution in [0.25, 0.3) is 0 Å². The largest absolute Gasteiger partial charge is 0.378 e. The van der Waals surface area contributed by atoms with Gasteiger partial charge in [-0.1, -0.05) is 0 Å². The van der Waals surface area contributed by atoms with Gasteiger partial charge in [-0.05, 0) is 12.8 Å². The monoisotopic (exact) mass is 350 g/mol. The number of fused-ring (bicyclic) bond motifs is 1. The van der Waals surface area contributed by atoms with Crippen molar-refractivity contribution >= 4 is 30.7 Å². The van der Waals surface area contributed by atoms with Crippen molar-refractivity contribution in [2.75, 3.05) is 19.8 Å². The molecule has 2 aliphatic rings. The van der Waals surface area contributed by atoms with E-state index in [2.05, 4.69) is 26.4 Å². The number of rotatable bonds is 4. The summed E-state index contributed by atoms with van der Waals surface area (Å²) in [6.45, 7) is 3.75. The molecule has 1 amide bonds. The smallest absolute Gasteiger partial charge is 0.221 e. The van der Waals surface area contributed by atoms with Crippen LogP contribution in [0, 0.1) is 0 Å². The fourth-order valence-electron chi connectivity index (χ4n) is 2.79. The summed E-state index contributed by atoms with van der Waals surface area (Å²) in [6, 6.07) is 0.138. The van der Waals surface area contributed by atoms with Gasteiger partial charge in [-0.3, -0.25) is 4.79 Å². The standard InChI is InChI=1S/C14H22N4O2.2ClH/c19-14(7-11-10-20-6-4-15-11)16-8-12-9-18-5-2-1-3-13(18)17-12;;/h9,11,15H,1-8,10H2,(H,16,19);2*1H. The molecule has 0 bridgehead atoms. The van der Waals surface area contributed by atoms with Gasteiger partial charge in [0.25, 0.3) is 0 Å². The third kappa shape index (κ3) is 5.12. The van der Waals surface area contributed by atoms with Gasteiger partial charge in [0.15, 0.2) is 0 Å². The average Bonchev–Trinajstić information content (AvgIpc) is 2.89. The van der Waals surface area contributed by atoms with Gasteiger partial charge in [0, 0.05) is 38.2 Å². The molecule has 0 radical (unpaired) electrons. The molecule has 22 heavy (non-hydrogen) atoms. The Labute approximate surface area is 143 Å². The first kappa shape index (κ1) is 19.2. The van der Waals surface area contributed by atoms with Gasteiger partial charge in [0.2, 0.25) is 5.91 Å². The Morgan fingerprint density at radius 1 is 1.45 bits per heavy atom. The highest BCUT2D eigenvalue weighted by atomic mass is 35.5. The van der Waals surface area contributed by atoms with E-state index in [1.807, 2.05) is 0 Å². The number of imidazole rings is 1. The summed E-state index contributed by atoms with van der Waals surface area (Å²) in [5.74, 6) is 1.21. The average molecular weight is 351 g/mol.